The smallest absolute Gasteiger partial charge is 0.0440 e. The predicted molar refractivity (Wildman–Crippen MR) is 412 cm³/mol. The molecule has 19 aromatic carbocycles. The van der Waals surface area contributed by atoms with Gasteiger partial charge >= 0.3 is 0 Å². The number of thiophene rings is 2. The molecule has 21 rings (SSSR count). The van der Waals surface area contributed by atoms with Gasteiger partial charge in [0.05, 0.1) is 0 Å². The van der Waals surface area contributed by atoms with Crippen LogP contribution in [0.25, 0.3) is 214 Å². The zero-order valence-corrected chi connectivity index (χ0v) is 52.5. The van der Waals surface area contributed by atoms with Gasteiger partial charge in [-0.1, -0.05) is 267 Å². The first-order valence-corrected chi connectivity index (χ1v) is 34.2. The van der Waals surface area contributed by atoms with E-state index in [0.29, 0.717) is 0 Å². The topological polar surface area (TPSA) is 0 Å². The molecular weight excluding hydrogens is 1170 g/mol. The van der Waals surface area contributed by atoms with E-state index < -0.39 is 0 Å². The van der Waals surface area contributed by atoms with Crippen LogP contribution in [0.2, 0.25) is 0 Å². The molecule has 0 fully saturated rings. The number of benzene rings is 19. The summed E-state index contributed by atoms with van der Waals surface area (Å²) in [5, 5.41) is 33.3. The first kappa shape index (κ1) is 52.1. The van der Waals surface area contributed by atoms with Crippen LogP contribution in [0.15, 0.2) is 315 Å². The molecule has 0 spiro atoms. The third-order valence-corrected chi connectivity index (χ3v) is 23.1. The highest BCUT2D eigenvalue weighted by molar-refractivity contribution is 7.27. The molecule has 94 heavy (non-hydrogen) atoms. The molecule has 0 N–H and O–H groups in total. The third-order valence-electron chi connectivity index (χ3n) is 20.7. The number of fused-ring (bicyclic) bond motifs is 24. The van der Waals surface area contributed by atoms with Crippen molar-refractivity contribution in [3.63, 3.8) is 0 Å². The van der Waals surface area contributed by atoms with Gasteiger partial charge in [-0.15, -0.1) is 22.7 Å². The lowest BCUT2D eigenvalue weighted by Crippen LogP contribution is -1.92. The number of hydrogen-bond acceptors (Lipinski definition) is 2. The minimum atomic E-state index is 1.21. The van der Waals surface area contributed by atoms with Crippen LogP contribution in [0.4, 0.5) is 0 Å². The molecule has 432 valence electrons. The summed E-state index contributed by atoms with van der Waals surface area (Å²) in [5.74, 6) is 0. The van der Waals surface area contributed by atoms with E-state index in [0.717, 1.165) is 0 Å². The molecule has 2 heteroatoms. The Morgan fingerprint density at radius 2 is 0.479 bits per heavy atom. The predicted octanol–water partition coefficient (Wildman–Crippen LogP) is 27.4. The Kier molecular flexibility index (Phi) is 11.1. The summed E-state index contributed by atoms with van der Waals surface area (Å²) in [6.07, 6.45) is 0. The van der Waals surface area contributed by atoms with Crippen molar-refractivity contribution >= 4 is 182 Å². The summed E-state index contributed by atoms with van der Waals surface area (Å²) in [5.41, 5.74) is 12.5. The van der Waals surface area contributed by atoms with Crippen molar-refractivity contribution in [2.24, 2.45) is 0 Å². The van der Waals surface area contributed by atoms with Crippen LogP contribution in [-0.2, 0) is 0 Å². The Morgan fingerprint density at radius 3 is 0.989 bits per heavy atom. The van der Waals surface area contributed by atoms with E-state index in [-0.39, 0.29) is 0 Å². The van der Waals surface area contributed by atoms with Crippen molar-refractivity contribution in [1.29, 1.82) is 0 Å². The van der Waals surface area contributed by atoms with Crippen LogP contribution in [-0.4, -0.2) is 0 Å². The monoisotopic (exact) mass is 1220 g/mol. The van der Waals surface area contributed by atoms with Gasteiger partial charge in [0.25, 0.3) is 0 Å². The van der Waals surface area contributed by atoms with Gasteiger partial charge in [-0.3, -0.25) is 0 Å². The largest absolute Gasteiger partial charge is 0.135 e. The summed E-state index contributed by atoms with van der Waals surface area (Å²) in [6, 6.07) is 119. The van der Waals surface area contributed by atoms with E-state index in [4.69, 9.17) is 0 Å². The summed E-state index contributed by atoms with van der Waals surface area (Å²) in [6.45, 7) is 0. The van der Waals surface area contributed by atoms with Gasteiger partial charge in [0.2, 0.25) is 0 Å². The van der Waals surface area contributed by atoms with Crippen molar-refractivity contribution in [3.8, 4) is 55.6 Å². The summed E-state index contributed by atoms with van der Waals surface area (Å²) in [7, 11) is 0. The Bertz CT molecular complexity index is 6800. The molecule has 21 aromatic rings. The quantitative estimate of drug-likeness (QED) is 0.119. The van der Waals surface area contributed by atoms with Crippen LogP contribution in [0.3, 0.4) is 0 Å². The molecule has 0 saturated carbocycles. The molecule has 0 unspecified atom stereocenters. The number of rotatable bonds is 5. The molecular formula is C92H52S2. The van der Waals surface area contributed by atoms with Gasteiger partial charge in [0, 0.05) is 51.1 Å². The third kappa shape index (κ3) is 7.49. The van der Waals surface area contributed by atoms with Crippen LogP contribution < -0.4 is 0 Å². The molecule has 0 atom stereocenters. The van der Waals surface area contributed by atoms with E-state index in [1.54, 1.807) is 0 Å². The summed E-state index contributed by atoms with van der Waals surface area (Å²) < 4.78 is 5.29. The maximum atomic E-state index is 2.50. The fraction of sp³-hybridized carbons (Fsp3) is 0. The minimum Gasteiger partial charge on any atom is -0.135 e. The van der Waals surface area contributed by atoms with E-state index in [1.165, 1.54) is 214 Å². The van der Waals surface area contributed by atoms with Gasteiger partial charge in [-0.25, -0.2) is 0 Å². The molecule has 0 bridgehead atoms. The maximum Gasteiger partial charge on any atom is 0.0440 e. The van der Waals surface area contributed by atoms with Gasteiger partial charge < -0.3 is 0 Å². The average molecular weight is 1220 g/mol. The lowest BCUT2D eigenvalue weighted by atomic mass is 9.83. The van der Waals surface area contributed by atoms with Crippen molar-refractivity contribution in [1.82, 2.24) is 0 Å². The molecule has 0 saturated heterocycles. The Morgan fingerprint density at radius 1 is 0.160 bits per heavy atom. The minimum absolute atomic E-state index is 1.21. The zero-order valence-electron chi connectivity index (χ0n) is 50.8. The Labute approximate surface area is 548 Å². The fourth-order valence-electron chi connectivity index (χ4n) is 16.7. The molecule has 0 aliphatic rings. The second kappa shape index (κ2) is 20.0. The average Bonchev–Trinajstić information content (AvgIpc) is 1.28. The SMILES string of the molecule is c1ccc2c(c1)cc(-c1c3ccccc3c(-c3ccc4sc5c6cc(-c7ccc8ccc(-c9c%10ccccc%10c(-c%10ccc%11sc%12c%13ccccc%13c%13ccccc%13c%12c%11c%10)c%10ccccc9%10)cc8c7)ccc6c6ccccc6c5c4c3)c3ccccc13)c1ccccc12. The lowest BCUT2D eigenvalue weighted by Gasteiger charge is -2.19. The molecule has 0 nitrogen and oxygen atoms in total. The van der Waals surface area contributed by atoms with Crippen LogP contribution in [0, 0.1) is 0 Å². The first-order valence-electron chi connectivity index (χ1n) is 32.5. The second-order valence-electron chi connectivity index (χ2n) is 25.6. The summed E-state index contributed by atoms with van der Waals surface area (Å²) >= 11 is 3.85. The van der Waals surface area contributed by atoms with Crippen LogP contribution in [0.5, 0.6) is 0 Å². The second-order valence-corrected chi connectivity index (χ2v) is 27.7. The standard InChI is InChI=1S/C92H52S2/c1-2-20-61-56(19-1)50-79(66-25-4-3-21-62(61)66)88-76-34-16-14-32-74(76)87(75-33-15-17-35-77(75)88)59-43-46-84-82(52-59)90-69-27-9-6-23-64(69)67-44-41-55(49-80(67)92(90)94-84)54-39-37-53-38-40-57(48-60(53)47-54)85-70-28-10-12-30-72(70)86(73-31-13-11-29-71(73)85)58-42-45-83-81(51-58)89-68-26-8-5-22-63(68)65-24-7-18-36-78(65)91(89)93-83/h1-52H. The molecule has 2 heterocycles. The lowest BCUT2D eigenvalue weighted by molar-refractivity contribution is 1.67. The molecule has 0 radical (unpaired) electrons. The summed E-state index contributed by atoms with van der Waals surface area (Å²) in [4.78, 5) is 0. The molecule has 0 aliphatic carbocycles. The van der Waals surface area contributed by atoms with Crippen molar-refractivity contribution < 1.29 is 0 Å². The van der Waals surface area contributed by atoms with Gasteiger partial charge in [0.15, 0.2) is 0 Å². The van der Waals surface area contributed by atoms with Gasteiger partial charge in [-0.05, 0) is 212 Å². The first-order chi connectivity index (χ1) is 46.6. The van der Waals surface area contributed by atoms with Crippen molar-refractivity contribution in [3.05, 3.63) is 315 Å². The van der Waals surface area contributed by atoms with Crippen molar-refractivity contribution in [2.75, 3.05) is 0 Å². The van der Waals surface area contributed by atoms with Crippen LogP contribution >= 0.6 is 22.7 Å². The molecule has 2 aromatic heterocycles. The normalized spacial score (nSPS) is 12.3. The number of hydrogen-bond donors (Lipinski definition) is 0. The molecule has 0 amide bonds. The van der Waals surface area contributed by atoms with Crippen molar-refractivity contribution in [2.45, 2.75) is 0 Å². The highest BCUT2D eigenvalue weighted by Crippen LogP contribution is 2.52. The Hall–Kier alpha value is -11.5. The maximum absolute atomic E-state index is 2.50. The van der Waals surface area contributed by atoms with Crippen LogP contribution in [0.1, 0.15) is 0 Å². The van der Waals surface area contributed by atoms with Gasteiger partial charge in [-0.2, -0.15) is 0 Å². The van der Waals surface area contributed by atoms with E-state index in [9.17, 15) is 0 Å². The highest BCUT2D eigenvalue weighted by atomic mass is 32.1. The van der Waals surface area contributed by atoms with E-state index in [2.05, 4.69) is 315 Å². The highest BCUT2D eigenvalue weighted by Gasteiger charge is 2.24. The van der Waals surface area contributed by atoms with Gasteiger partial charge in [0.1, 0.15) is 0 Å². The fourth-order valence-corrected chi connectivity index (χ4v) is 19.1. The zero-order chi connectivity index (χ0) is 61.3. The van der Waals surface area contributed by atoms with E-state index >= 15 is 0 Å². The van der Waals surface area contributed by atoms with E-state index in [1.807, 2.05) is 22.7 Å². The Balaban J connectivity index is 0.708. The molecule has 0 aliphatic heterocycles.